The van der Waals surface area contributed by atoms with Gasteiger partial charge in [0.2, 0.25) is 0 Å². The van der Waals surface area contributed by atoms with E-state index in [2.05, 4.69) is 22.7 Å². The van der Waals surface area contributed by atoms with E-state index >= 15 is 0 Å². The molecule has 1 heterocycles. The second-order valence-electron chi connectivity index (χ2n) is 6.42. The molecule has 0 spiro atoms. The number of hydrogen-bond donors (Lipinski definition) is 2. The van der Waals surface area contributed by atoms with Crippen molar-refractivity contribution in [2.75, 3.05) is 17.7 Å². The molecule has 0 unspecified atom stereocenters. The molecule has 152 valence electrons. The van der Waals surface area contributed by atoms with Crippen LogP contribution in [0.5, 0.6) is 5.75 Å². The van der Waals surface area contributed by atoms with E-state index in [-0.39, 0.29) is 5.02 Å². The minimum absolute atomic E-state index is 0.286. The van der Waals surface area contributed by atoms with Crippen LogP contribution in [-0.2, 0) is 6.42 Å². The summed E-state index contributed by atoms with van der Waals surface area (Å²) in [5.41, 5.74) is 2.10. The Hall–Kier alpha value is -2.70. The van der Waals surface area contributed by atoms with Crippen LogP contribution in [0.3, 0.4) is 0 Å². The Morgan fingerprint density at radius 3 is 2.69 bits per heavy atom. The number of carbonyl (C=O) groups excluding carboxylic acids is 1. The summed E-state index contributed by atoms with van der Waals surface area (Å²) in [6, 6.07) is 14.0. The van der Waals surface area contributed by atoms with Crippen LogP contribution in [0.15, 0.2) is 48.5 Å². The van der Waals surface area contributed by atoms with Crippen molar-refractivity contribution < 1.29 is 9.53 Å². The number of rotatable bonds is 7. The van der Waals surface area contributed by atoms with Gasteiger partial charge >= 0.3 is 6.03 Å². The van der Waals surface area contributed by atoms with Gasteiger partial charge in [0.1, 0.15) is 11.6 Å². The predicted molar refractivity (Wildman–Crippen MR) is 118 cm³/mol. The average molecular weight is 433 g/mol. The largest absolute Gasteiger partial charge is 0.497 e. The van der Waals surface area contributed by atoms with Crippen molar-refractivity contribution in [3.05, 3.63) is 64.3 Å². The fourth-order valence-electron chi connectivity index (χ4n) is 2.81. The van der Waals surface area contributed by atoms with Crippen LogP contribution in [0.25, 0.3) is 5.69 Å². The number of nitrogens with one attached hydrogen (secondary N) is 2. The molecule has 8 heteroatoms. The highest BCUT2D eigenvalue weighted by molar-refractivity contribution is 6.44. The highest BCUT2D eigenvalue weighted by Crippen LogP contribution is 2.30. The van der Waals surface area contributed by atoms with E-state index in [1.165, 1.54) is 0 Å². The Morgan fingerprint density at radius 1 is 1.14 bits per heavy atom. The number of amides is 2. The van der Waals surface area contributed by atoms with E-state index in [1.54, 1.807) is 30.0 Å². The number of halogens is 2. The van der Waals surface area contributed by atoms with Crippen LogP contribution in [0.1, 0.15) is 25.5 Å². The predicted octanol–water partition coefficient (Wildman–Crippen LogP) is 6.17. The molecule has 2 aromatic carbocycles. The van der Waals surface area contributed by atoms with E-state index in [0.717, 1.165) is 30.6 Å². The zero-order valence-corrected chi connectivity index (χ0v) is 17.7. The Morgan fingerprint density at radius 2 is 1.93 bits per heavy atom. The van der Waals surface area contributed by atoms with Crippen LogP contribution in [0.4, 0.5) is 16.3 Å². The normalized spacial score (nSPS) is 10.6. The van der Waals surface area contributed by atoms with Gasteiger partial charge in [0.05, 0.1) is 34.2 Å². The molecule has 3 aromatic rings. The summed E-state index contributed by atoms with van der Waals surface area (Å²) in [4.78, 5) is 12.6. The van der Waals surface area contributed by atoms with Crippen molar-refractivity contribution in [2.45, 2.75) is 26.2 Å². The lowest BCUT2D eigenvalue weighted by Gasteiger charge is -2.12. The SMILES string of the molecule is CCCCc1cc(NC(=O)Nc2cccc(Cl)c2Cl)n(-c2cccc(OC)c2)n1. The van der Waals surface area contributed by atoms with Crippen LogP contribution in [0, 0.1) is 0 Å². The van der Waals surface area contributed by atoms with Gasteiger partial charge in [-0.15, -0.1) is 0 Å². The first-order valence-electron chi connectivity index (χ1n) is 9.27. The molecule has 2 amide bonds. The number of ether oxygens (including phenoxy) is 1. The molecule has 0 aliphatic carbocycles. The molecule has 1 aromatic heterocycles. The van der Waals surface area contributed by atoms with Crippen molar-refractivity contribution in [3.63, 3.8) is 0 Å². The minimum Gasteiger partial charge on any atom is -0.497 e. The van der Waals surface area contributed by atoms with E-state index < -0.39 is 6.03 Å². The lowest BCUT2D eigenvalue weighted by molar-refractivity contribution is 0.262. The van der Waals surface area contributed by atoms with Crippen LogP contribution in [0.2, 0.25) is 10.0 Å². The van der Waals surface area contributed by atoms with Gasteiger partial charge in [0.25, 0.3) is 0 Å². The van der Waals surface area contributed by atoms with Gasteiger partial charge in [-0.25, -0.2) is 9.48 Å². The summed E-state index contributed by atoms with van der Waals surface area (Å²) < 4.78 is 6.99. The molecular formula is C21H22Cl2N4O2. The first kappa shape index (κ1) is 21.0. The van der Waals surface area contributed by atoms with Gasteiger partial charge in [-0.1, -0.05) is 48.7 Å². The number of unbranched alkanes of at least 4 members (excludes halogenated alkanes) is 1. The second-order valence-corrected chi connectivity index (χ2v) is 7.20. The number of methoxy groups -OCH3 is 1. The number of urea groups is 1. The van der Waals surface area contributed by atoms with Gasteiger partial charge in [0.15, 0.2) is 0 Å². The third-order valence-corrected chi connectivity index (χ3v) is 5.10. The highest BCUT2D eigenvalue weighted by atomic mass is 35.5. The van der Waals surface area contributed by atoms with E-state index in [4.69, 9.17) is 27.9 Å². The highest BCUT2D eigenvalue weighted by Gasteiger charge is 2.14. The molecule has 0 aliphatic rings. The lowest BCUT2D eigenvalue weighted by Crippen LogP contribution is -2.21. The molecule has 0 saturated heterocycles. The van der Waals surface area contributed by atoms with Crippen LogP contribution >= 0.6 is 23.2 Å². The number of nitrogens with zero attached hydrogens (tertiary/aromatic N) is 2. The van der Waals surface area contributed by atoms with E-state index in [0.29, 0.717) is 22.3 Å². The first-order chi connectivity index (χ1) is 14.0. The molecule has 0 radical (unpaired) electrons. The lowest BCUT2D eigenvalue weighted by atomic mass is 10.2. The Balaban J connectivity index is 1.87. The van der Waals surface area contributed by atoms with E-state index in [1.807, 2.05) is 30.3 Å². The summed E-state index contributed by atoms with van der Waals surface area (Å²) in [6.07, 6.45) is 2.89. The maximum atomic E-state index is 12.6. The fourth-order valence-corrected chi connectivity index (χ4v) is 3.16. The molecular weight excluding hydrogens is 411 g/mol. The molecule has 0 atom stereocenters. The zero-order valence-electron chi connectivity index (χ0n) is 16.2. The van der Waals surface area contributed by atoms with Crippen molar-refractivity contribution in [3.8, 4) is 11.4 Å². The Labute approximate surface area is 179 Å². The quantitative estimate of drug-likeness (QED) is 0.468. The maximum absolute atomic E-state index is 12.6. The van der Waals surface area contributed by atoms with Gasteiger partial charge in [-0.2, -0.15) is 5.10 Å². The summed E-state index contributed by atoms with van der Waals surface area (Å²) in [6.45, 7) is 2.13. The molecule has 6 nitrogen and oxygen atoms in total. The van der Waals surface area contributed by atoms with Crippen molar-refractivity contribution >= 4 is 40.7 Å². The van der Waals surface area contributed by atoms with Crippen molar-refractivity contribution in [2.24, 2.45) is 0 Å². The fraction of sp³-hybridized carbons (Fsp3) is 0.238. The summed E-state index contributed by atoms with van der Waals surface area (Å²) in [5, 5.41) is 10.9. The standard InChI is InChI=1S/C21H22Cl2N4O2/c1-3-4-7-14-12-19(27(26-14)15-8-5-9-16(13-15)29-2)25-21(28)24-18-11-6-10-17(22)20(18)23/h5-6,8-13H,3-4,7H2,1-2H3,(H2,24,25,28). The van der Waals surface area contributed by atoms with Crippen LogP contribution < -0.4 is 15.4 Å². The summed E-state index contributed by atoms with van der Waals surface area (Å²) in [5.74, 6) is 1.24. The van der Waals surface area contributed by atoms with Gasteiger partial charge in [-0.3, -0.25) is 5.32 Å². The molecule has 29 heavy (non-hydrogen) atoms. The number of hydrogen-bond acceptors (Lipinski definition) is 3. The maximum Gasteiger partial charge on any atom is 0.324 e. The zero-order chi connectivity index (χ0) is 20.8. The summed E-state index contributed by atoms with van der Waals surface area (Å²) >= 11 is 12.2. The molecule has 0 fully saturated rings. The number of anilines is 2. The van der Waals surface area contributed by atoms with E-state index in [9.17, 15) is 4.79 Å². The van der Waals surface area contributed by atoms with Crippen LogP contribution in [-0.4, -0.2) is 22.9 Å². The monoisotopic (exact) mass is 432 g/mol. The Bertz CT molecular complexity index is 1000. The second kappa shape index (κ2) is 9.67. The molecule has 3 rings (SSSR count). The van der Waals surface area contributed by atoms with Crippen molar-refractivity contribution in [1.82, 2.24) is 9.78 Å². The molecule has 0 aliphatic heterocycles. The molecule has 0 bridgehead atoms. The van der Waals surface area contributed by atoms with Gasteiger partial charge in [0, 0.05) is 12.1 Å². The average Bonchev–Trinajstić information content (AvgIpc) is 3.12. The topological polar surface area (TPSA) is 68.2 Å². The van der Waals surface area contributed by atoms with Gasteiger partial charge in [-0.05, 0) is 37.1 Å². The third kappa shape index (κ3) is 5.22. The summed E-state index contributed by atoms with van der Waals surface area (Å²) in [7, 11) is 1.61. The molecule has 0 saturated carbocycles. The van der Waals surface area contributed by atoms with Gasteiger partial charge < -0.3 is 10.1 Å². The number of aryl methyl sites for hydroxylation is 1. The minimum atomic E-state index is -0.444. The third-order valence-electron chi connectivity index (χ3n) is 4.29. The molecule has 2 N–H and O–H groups in total. The number of carbonyl (C=O) groups is 1. The smallest absolute Gasteiger partial charge is 0.324 e. The van der Waals surface area contributed by atoms with Crippen molar-refractivity contribution in [1.29, 1.82) is 0 Å². The first-order valence-corrected chi connectivity index (χ1v) is 10.0. The number of aromatic nitrogens is 2. The Kier molecular flexibility index (Phi) is 7.01. The number of benzene rings is 2.